The summed E-state index contributed by atoms with van der Waals surface area (Å²) in [5.41, 5.74) is 2.65. The molecule has 2 aromatic rings. The Balaban J connectivity index is 2.03. The molecule has 0 fully saturated rings. The number of rotatable bonds is 3. The van der Waals surface area contributed by atoms with Crippen molar-refractivity contribution in [3.63, 3.8) is 0 Å². The molecule has 102 valence electrons. The molecule has 0 saturated heterocycles. The lowest BCUT2D eigenvalue weighted by molar-refractivity contribution is -0.111. The third-order valence-corrected chi connectivity index (χ3v) is 2.65. The number of hydrogen-bond acceptors (Lipinski definition) is 2. The van der Waals surface area contributed by atoms with E-state index >= 15 is 0 Å². The monoisotopic (exact) mass is 270 g/mol. The minimum atomic E-state index is -0.300. The largest absolute Gasteiger partial charge is 0.307 e. The SMILES string of the molecule is Cc1cc(C)nc(NC(=O)C=Cc2ccc(F)cc2)c1. The third kappa shape index (κ3) is 4.02. The highest BCUT2D eigenvalue weighted by molar-refractivity contribution is 6.01. The number of hydrogen-bond donors (Lipinski definition) is 1. The molecular formula is C16H15FN2O. The van der Waals surface area contributed by atoms with Crippen molar-refractivity contribution >= 4 is 17.8 Å². The maximum Gasteiger partial charge on any atom is 0.249 e. The van der Waals surface area contributed by atoms with Gasteiger partial charge in [0.15, 0.2) is 0 Å². The van der Waals surface area contributed by atoms with Gasteiger partial charge < -0.3 is 5.32 Å². The van der Waals surface area contributed by atoms with Crippen molar-refractivity contribution in [2.75, 3.05) is 5.32 Å². The van der Waals surface area contributed by atoms with Gasteiger partial charge in [0.1, 0.15) is 11.6 Å². The summed E-state index contributed by atoms with van der Waals surface area (Å²) in [6, 6.07) is 9.65. The number of amides is 1. The van der Waals surface area contributed by atoms with Crippen LogP contribution < -0.4 is 5.32 Å². The second-order valence-corrected chi connectivity index (χ2v) is 4.55. The van der Waals surface area contributed by atoms with Crippen LogP contribution >= 0.6 is 0 Å². The maximum absolute atomic E-state index is 12.7. The molecule has 0 aliphatic rings. The molecule has 0 unspecified atom stereocenters. The predicted molar refractivity (Wildman–Crippen MR) is 77.8 cm³/mol. The summed E-state index contributed by atoms with van der Waals surface area (Å²) in [5.74, 6) is -0.0471. The first-order chi connectivity index (χ1) is 9.52. The van der Waals surface area contributed by atoms with Crippen LogP contribution in [0.1, 0.15) is 16.8 Å². The molecule has 1 heterocycles. The fraction of sp³-hybridized carbons (Fsp3) is 0.125. The molecular weight excluding hydrogens is 255 g/mol. The summed E-state index contributed by atoms with van der Waals surface area (Å²) in [5, 5.41) is 2.69. The molecule has 20 heavy (non-hydrogen) atoms. The molecule has 0 atom stereocenters. The Morgan fingerprint density at radius 3 is 2.55 bits per heavy atom. The lowest BCUT2D eigenvalue weighted by atomic mass is 10.2. The molecule has 4 heteroatoms. The van der Waals surface area contributed by atoms with Gasteiger partial charge in [0.05, 0.1) is 0 Å². The van der Waals surface area contributed by atoms with Gasteiger partial charge in [0, 0.05) is 11.8 Å². The first-order valence-electron chi connectivity index (χ1n) is 6.23. The van der Waals surface area contributed by atoms with Crippen LogP contribution in [-0.4, -0.2) is 10.9 Å². The van der Waals surface area contributed by atoms with Gasteiger partial charge in [0.25, 0.3) is 0 Å². The van der Waals surface area contributed by atoms with E-state index in [0.29, 0.717) is 5.82 Å². The Morgan fingerprint density at radius 2 is 1.90 bits per heavy atom. The minimum absolute atomic E-state index is 0.271. The van der Waals surface area contributed by atoms with Gasteiger partial charge in [-0.25, -0.2) is 9.37 Å². The van der Waals surface area contributed by atoms with Gasteiger partial charge in [-0.3, -0.25) is 4.79 Å². The zero-order chi connectivity index (χ0) is 14.5. The highest BCUT2D eigenvalue weighted by Gasteiger charge is 2.01. The van der Waals surface area contributed by atoms with Gasteiger partial charge in [-0.15, -0.1) is 0 Å². The molecule has 1 N–H and O–H groups in total. The molecule has 0 aliphatic heterocycles. The fourth-order valence-corrected chi connectivity index (χ4v) is 1.82. The number of benzene rings is 1. The standard InChI is InChI=1S/C16H15FN2O/c1-11-9-12(2)18-15(10-11)19-16(20)8-5-13-3-6-14(17)7-4-13/h3-10H,1-2H3,(H,18,19,20). The smallest absolute Gasteiger partial charge is 0.249 e. The summed E-state index contributed by atoms with van der Waals surface area (Å²) < 4.78 is 12.7. The van der Waals surface area contributed by atoms with Crippen molar-refractivity contribution in [2.24, 2.45) is 0 Å². The third-order valence-electron chi connectivity index (χ3n) is 2.65. The Hall–Kier alpha value is -2.49. The summed E-state index contributed by atoms with van der Waals surface area (Å²) >= 11 is 0. The number of pyridine rings is 1. The van der Waals surface area contributed by atoms with E-state index < -0.39 is 0 Å². The van der Waals surface area contributed by atoms with Crippen LogP contribution in [0, 0.1) is 19.7 Å². The number of aromatic nitrogens is 1. The van der Waals surface area contributed by atoms with E-state index in [4.69, 9.17) is 0 Å². The number of nitrogens with zero attached hydrogens (tertiary/aromatic N) is 1. The van der Waals surface area contributed by atoms with Crippen molar-refractivity contribution in [2.45, 2.75) is 13.8 Å². The van der Waals surface area contributed by atoms with Gasteiger partial charge in [0.2, 0.25) is 5.91 Å². The summed E-state index contributed by atoms with van der Waals surface area (Å²) in [6.07, 6.45) is 3.02. The molecule has 0 bridgehead atoms. The number of aryl methyl sites for hydroxylation is 2. The van der Waals surface area contributed by atoms with Gasteiger partial charge >= 0.3 is 0 Å². The highest BCUT2D eigenvalue weighted by Crippen LogP contribution is 2.09. The Labute approximate surface area is 117 Å². The van der Waals surface area contributed by atoms with Crippen molar-refractivity contribution < 1.29 is 9.18 Å². The number of halogens is 1. The van der Waals surface area contributed by atoms with E-state index in [2.05, 4.69) is 10.3 Å². The number of anilines is 1. The van der Waals surface area contributed by atoms with E-state index in [9.17, 15) is 9.18 Å². The minimum Gasteiger partial charge on any atom is -0.307 e. The van der Waals surface area contributed by atoms with Crippen molar-refractivity contribution in [1.82, 2.24) is 4.98 Å². The fourth-order valence-electron chi connectivity index (χ4n) is 1.82. The molecule has 0 saturated carbocycles. The summed E-state index contributed by atoms with van der Waals surface area (Å²) in [6.45, 7) is 3.82. The van der Waals surface area contributed by atoms with Crippen molar-refractivity contribution in [3.05, 3.63) is 65.1 Å². The molecule has 0 aliphatic carbocycles. The van der Waals surface area contributed by atoms with Crippen LogP contribution in [0.3, 0.4) is 0 Å². The zero-order valence-corrected chi connectivity index (χ0v) is 11.4. The predicted octanol–water partition coefficient (Wildman–Crippen LogP) is 3.49. The Bertz CT molecular complexity index is 628. The average molecular weight is 270 g/mol. The van der Waals surface area contributed by atoms with Crippen LogP contribution in [0.15, 0.2) is 42.5 Å². The molecule has 3 nitrogen and oxygen atoms in total. The van der Waals surface area contributed by atoms with Crippen molar-refractivity contribution in [1.29, 1.82) is 0 Å². The van der Waals surface area contributed by atoms with Crippen LogP contribution in [-0.2, 0) is 4.79 Å². The Kier molecular flexibility index (Phi) is 4.25. The maximum atomic E-state index is 12.7. The van der Waals surface area contributed by atoms with Crippen LogP contribution in [0.2, 0.25) is 0 Å². The molecule has 1 aromatic heterocycles. The summed E-state index contributed by atoms with van der Waals surface area (Å²) in [4.78, 5) is 16.0. The van der Waals surface area contributed by atoms with Gasteiger partial charge in [-0.05, 0) is 55.3 Å². The van der Waals surface area contributed by atoms with Gasteiger partial charge in [-0.1, -0.05) is 12.1 Å². The number of nitrogens with one attached hydrogen (secondary N) is 1. The molecule has 0 radical (unpaired) electrons. The number of carbonyl (C=O) groups is 1. The Morgan fingerprint density at radius 1 is 1.20 bits per heavy atom. The van der Waals surface area contributed by atoms with E-state index in [1.807, 2.05) is 19.9 Å². The first-order valence-corrected chi connectivity index (χ1v) is 6.23. The first kappa shape index (κ1) is 13.9. The van der Waals surface area contributed by atoms with Gasteiger partial charge in [-0.2, -0.15) is 0 Å². The van der Waals surface area contributed by atoms with Crippen LogP contribution in [0.4, 0.5) is 10.2 Å². The second-order valence-electron chi connectivity index (χ2n) is 4.55. The molecule has 0 spiro atoms. The highest BCUT2D eigenvalue weighted by atomic mass is 19.1. The van der Waals surface area contributed by atoms with Crippen LogP contribution in [0.25, 0.3) is 6.08 Å². The second kappa shape index (κ2) is 6.10. The molecule has 2 rings (SSSR count). The zero-order valence-electron chi connectivity index (χ0n) is 11.4. The molecule has 1 aromatic carbocycles. The van der Waals surface area contributed by atoms with E-state index in [1.54, 1.807) is 24.3 Å². The quantitative estimate of drug-likeness (QED) is 0.867. The summed E-state index contributed by atoms with van der Waals surface area (Å²) in [7, 11) is 0. The van der Waals surface area contributed by atoms with E-state index in [-0.39, 0.29) is 11.7 Å². The average Bonchev–Trinajstić information content (AvgIpc) is 2.37. The van der Waals surface area contributed by atoms with E-state index in [1.165, 1.54) is 18.2 Å². The lowest BCUT2D eigenvalue weighted by Crippen LogP contribution is -2.09. The molecule has 1 amide bonds. The normalized spacial score (nSPS) is 10.8. The van der Waals surface area contributed by atoms with E-state index in [0.717, 1.165) is 16.8 Å². The van der Waals surface area contributed by atoms with Crippen LogP contribution in [0.5, 0.6) is 0 Å². The number of carbonyl (C=O) groups excluding carboxylic acids is 1. The van der Waals surface area contributed by atoms with Crippen molar-refractivity contribution in [3.8, 4) is 0 Å². The topological polar surface area (TPSA) is 42.0 Å². The lowest BCUT2D eigenvalue weighted by Gasteiger charge is -2.04.